The number of hydrogen-bond donors (Lipinski definition) is 2. The molecule has 2 aromatic carbocycles. The molecule has 1 aliphatic rings. The highest BCUT2D eigenvalue weighted by Gasteiger charge is 2.33. The van der Waals surface area contributed by atoms with Gasteiger partial charge in [0.2, 0.25) is 11.8 Å². The van der Waals surface area contributed by atoms with Crippen LogP contribution >= 0.6 is 0 Å². The zero-order valence-electron chi connectivity index (χ0n) is 13.9. The smallest absolute Gasteiger partial charge is 0.243 e. The van der Waals surface area contributed by atoms with Crippen LogP contribution in [0.25, 0.3) is 10.8 Å². The number of carbonyl (C=O) groups is 2. The van der Waals surface area contributed by atoms with Crippen LogP contribution in [0.3, 0.4) is 0 Å². The molecule has 0 spiro atoms. The predicted octanol–water partition coefficient (Wildman–Crippen LogP) is 1.97. The molecule has 3 rings (SSSR count). The SMILES string of the molecule is CC(=O)N1CCCC1C(=O)NC(CN)c1ccc2ccccc2c1. The number of fused-ring (bicyclic) bond motifs is 1. The summed E-state index contributed by atoms with van der Waals surface area (Å²) in [6.45, 7) is 2.48. The lowest BCUT2D eigenvalue weighted by Crippen LogP contribution is -2.47. The van der Waals surface area contributed by atoms with E-state index in [1.807, 2.05) is 30.3 Å². The van der Waals surface area contributed by atoms with Crippen molar-refractivity contribution in [3.8, 4) is 0 Å². The quantitative estimate of drug-likeness (QED) is 0.902. The Kier molecular flexibility index (Phi) is 4.81. The third kappa shape index (κ3) is 3.26. The van der Waals surface area contributed by atoms with Crippen LogP contribution in [-0.2, 0) is 9.59 Å². The molecule has 3 N–H and O–H groups in total. The second-order valence-electron chi connectivity index (χ2n) is 6.27. The van der Waals surface area contributed by atoms with E-state index in [-0.39, 0.29) is 23.9 Å². The Hall–Kier alpha value is -2.40. The highest BCUT2D eigenvalue weighted by atomic mass is 16.2. The largest absolute Gasteiger partial charge is 0.346 e. The molecule has 1 fully saturated rings. The van der Waals surface area contributed by atoms with Crippen LogP contribution < -0.4 is 11.1 Å². The number of amides is 2. The monoisotopic (exact) mass is 325 g/mol. The van der Waals surface area contributed by atoms with Crippen molar-refractivity contribution in [3.63, 3.8) is 0 Å². The van der Waals surface area contributed by atoms with Crippen molar-refractivity contribution >= 4 is 22.6 Å². The summed E-state index contributed by atoms with van der Waals surface area (Å²) in [4.78, 5) is 25.9. The Morgan fingerprint density at radius 2 is 2.00 bits per heavy atom. The molecule has 0 aromatic heterocycles. The summed E-state index contributed by atoms with van der Waals surface area (Å²) in [5.74, 6) is -0.172. The van der Waals surface area contributed by atoms with Gasteiger partial charge in [-0.1, -0.05) is 36.4 Å². The van der Waals surface area contributed by atoms with Gasteiger partial charge in [0.15, 0.2) is 0 Å². The minimum atomic E-state index is -0.378. The van der Waals surface area contributed by atoms with Crippen LogP contribution in [0.15, 0.2) is 42.5 Å². The van der Waals surface area contributed by atoms with Gasteiger partial charge in [0.25, 0.3) is 0 Å². The molecule has 0 bridgehead atoms. The minimum Gasteiger partial charge on any atom is -0.346 e. The fraction of sp³-hybridized carbons (Fsp3) is 0.368. The van der Waals surface area contributed by atoms with Crippen LogP contribution in [0, 0.1) is 0 Å². The summed E-state index contributed by atoms with van der Waals surface area (Å²) in [5, 5.41) is 5.29. The topological polar surface area (TPSA) is 75.4 Å². The van der Waals surface area contributed by atoms with Gasteiger partial charge in [-0.2, -0.15) is 0 Å². The Balaban J connectivity index is 1.78. The Morgan fingerprint density at radius 3 is 2.71 bits per heavy atom. The maximum absolute atomic E-state index is 12.6. The molecule has 2 atom stereocenters. The van der Waals surface area contributed by atoms with E-state index in [1.165, 1.54) is 6.92 Å². The average molecular weight is 325 g/mol. The number of nitrogens with two attached hydrogens (primary N) is 1. The highest BCUT2D eigenvalue weighted by molar-refractivity contribution is 5.88. The average Bonchev–Trinajstić information content (AvgIpc) is 3.09. The number of nitrogens with one attached hydrogen (secondary N) is 1. The van der Waals surface area contributed by atoms with Gasteiger partial charge >= 0.3 is 0 Å². The van der Waals surface area contributed by atoms with Crippen molar-refractivity contribution in [2.45, 2.75) is 31.8 Å². The molecule has 2 amide bonds. The van der Waals surface area contributed by atoms with Gasteiger partial charge in [0.05, 0.1) is 6.04 Å². The molecule has 5 heteroatoms. The van der Waals surface area contributed by atoms with Crippen molar-refractivity contribution in [3.05, 3.63) is 48.0 Å². The van der Waals surface area contributed by atoms with E-state index in [4.69, 9.17) is 5.73 Å². The zero-order valence-corrected chi connectivity index (χ0v) is 13.9. The molecule has 1 aliphatic heterocycles. The summed E-state index contributed by atoms with van der Waals surface area (Å²) >= 11 is 0. The molecule has 0 aliphatic carbocycles. The normalized spacial score (nSPS) is 18.6. The molecule has 0 radical (unpaired) electrons. The summed E-state index contributed by atoms with van der Waals surface area (Å²) < 4.78 is 0. The third-order valence-corrected chi connectivity index (χ3v) is 4.69. The first-order valence-corrected chi connectivity index (χ1v) is 8.36. The fourth-order valence-electron chi connectivity index (χ4n) is 3.39. The van der Waals surface area contributed by atoms with Crippen LogP contribution in [0.4, 0.5) is 0 Å². The summed E-state index contributed by atoms with van der Waals surface area (Å²) in [6, 6.07) is 13.6. The highest BCUT2D eigenvalue weighted by Crippen LogP contribution is 2.22. The summed E-state index contributed by atoms with van der Waals surface area (Å²) in [5.41, 5.74) is 6.88. The lowest BCUT2D eigenvalue weighted by molar-refractivity contribution is -0.137. The number of nitrogens with zero attached hydrogens (tertiary/aromatic N) is 1. The van der Waals surface area contributed by atoms with E-state index in [2.05, 4.69) is 17.4 Å². The van der Waals surface area contributed by atoms with E-state index in [1.54, 1.807) is 4.90 Å². The molecular weight excluding hydrogens is 302 g/mol. The van der Waals surface area contributed by atoms with E-state index < -0.39 is 0 Å². The maximum Gasteiger partial charge on any atom is 0.243 e. The van der Waals surface area contributed by atoms with E-state index in [0.29, 0.717) is 19.5 Å². The van der Waals surface area contributed by atoms with Gasteiger partial charge in [-0.15, -0.1) is 0 Å². The van der Waals surface area contributed by atoms with Gasteiger partial charge in [-0.3, -0.25) is 9.59 Å². The number of carbonyl (C=O) groups excluding carboxylic acids is 2. The first-order chi connectivity index (χ1) is 11.6. The summed E-state index contributed by atoms with van der Waals surface area (Å²) in [7, 11) is 0. The van der Waals surface area contributed by atoms with E-state index in [9.17, 15) is 9.59 Å². The predicted molar refractivity (Wildman–Crippen MR) is 94.3 cm³/mol. The molecule has 2 aromatic rings. The van der Waals surface area contributed by atoms with Crippen molar-refractivity contribution in [2.24, 2.45) is 5.73 Å². The Bertz CT molecular complexity index is 759. The number of hydrogen-bond acceptors (Lipinski definition) is 3. The molecule has 2 unspecified atom stereocenters. The van der Waals surface area contributed by atoms with Crippen LogP contribution in [0.2, 0.25) is 0 Å². The van der Waals surface area contributed by atoms with Crippen molar-refractivity contribution in [1.29, 1.82) is 0 Å². The Labute approximate surface area is 141 Å². The van der Waals surface area contributed by atoms with Crippen LogP contribution in [0.1, 0.15) is 31.4 Å². The summed E-state index contributed by atoms with van der Waals surface area (Å²) in [6.07, 6.45) is 1.57. The third-order valence-electron chi connectivity index (χ3n) is 4.69. The zero-order chi connectivity index (χ0) is 17.1. The van der Waals surface area contributed by atoms with E-state index in [0.717, 1.165) is 22.8 Å². The van der Waals surface area contributed by atoms with Gasteiger partial charge < -0.3 is 16.0 Å². The second kappa shape index (κ2) is 7.01. The van der Waals surface area contributed by atoms with Crippen molar-refractivity contribution in [2.75, 3.05) is 13.1 Å². The van der Waals surface area contributed by atoms with Gasteiger partial charge in [-0.25, -0.2) is 0 Å². The molecule has 1 saturated heterocycles. The number of likely N-dealkylation sites (tertiary alicyclic amines) is 1. The van der Waals surface area contributed by atoms with Crippen molar-refractivity contribution < 1.29 is 9.59 Å². The van der Waals surface area contributed by atoms with Gasteiger partial charge in [0, 0.05) is 20.0 Å². The van der Waals surface area contributed by atoms with Gasteiger partial charge in [-0.05, 0) is 35.2 Å². The molecular formula is C19H23N3O2. The van der Waals surface area contributed by atoms with Crippen LogP contribution in [0.5, 0.6) is 0 Å². The first-order valence-electron chi connectivity index (χ1n) is 8.36. The molecule has 1 heterocycles. The number of rotatable bonds is 4. The molecule has 0 saturated carbocycles. The Morgan fingerprint density at radius 1 is 1.25 bits per heavy atom. The minimum absolute atomic E-state index is 0.0531. The second-order valence-corrected chi connectivity index (χ2v) is 6.27. The van der Waals surface area contributed by atoms with Crippen molar-refractivity contribution in [1.82, 2.24) is 10.2 Å². The standard InChI is InChI=1S/C19H23N3O2/c1-13(23)22-10-4-7-18(22)19(24)21-17(12-20)16-9-8-14-5-2-3-6-15(14)11-16/h2-3,5-6,8-9,11,17-18H,4,7,10,12,20H2,1H3,(H,21,24). The number of benzene rings is 2. The van der Waals surface area contributed by atoms with Gasteiger partial charge in [0.1, 0.15) is 6.04 Å². The first kappa shape index (κ1) is 16.5. The molecule has 24 heavy (non-hydrogen) atoms. The molecule has 126 valence electrons. The maximum atomic E-state index is 12.6. The lowest BCUT2D eigenvalue weighted by atomic mass is 10.0. The lowest BCUT2D eigenvalue weighted by Gasteiger charge is -2.25. The van der Waals surface area contributed by atoms with Crippen LogP contribution in [-0.4, -0.2) is 35.8 Å². The fourth-order valence-corrected chi connectivity index (χ4v) is 3.39. The molecule has 5 nitrogen and oxygen atoms in total. The van der Waals surface area contributed by atoms with E-state index >= 15 is 0 Å².